The highest BCUT2D eigenvalue weighted by Gasteiger charge is 2.11. The number of nitrogens with zero attached hydrogens (tertiary/aromatic N) is 2. The Morgan fingerprint density at radius 3 is 2.55 bits per heavy atom. The number of hydrogen-bond donors (Lipinski definition) is 0. The fourth-order valence-electron chi connectivity index (χ4n) is 3.04. The fraction of sp³-hybridized carbons (Fsp3) is 0.174. The van der Waals surface area contributed by atoms with E-state index in [1.807, 2.05) is 66.2 Å². The van der Waals surface area contributed by atoms with E-state index in [2.05, 4.69) is 21.9 Å². The molecular formula is C23H21ClN2O2S. The number of rotatable bonds is 8. The minimum atomic E-state index is 0.438. The molecule has 0 aliphatic carbocycles. The highest BCUT2D eigenvalue weighted by atomic mass is 35.5. The van der Waals surface area contributed by atoms with E-state index in [9.17, 15) is 0 Å². The SMILES string of the molecule is CCOc1cc(-c2ccccc2)nn1CCOc1ccc(-c2ccsc2)cc1Cl. The average Bonchev–Trinajstić information content (AvgIpc) is 3.41. The number of aromatic nitrogens is 2. The van der Waals surface area contributed by atoms with Gasteiger partial charge in [-0.1, -0.05) is 48.0 Å². The average molecular weight is 425 g/mol. The molecule has 4 nitrogen and oxygen atoms in total. The Balaban J connectivity index is 1.44. The lowest BCUT2D eigenvalue weighted by Gasteiger charge is -2.11. The second-order valence-electron chi connectivity index (χ2n) is 6.40. The Hall–Kier alpha value is -2.76. The molecule has 0 radical (unpaired) electrons. The zero-order chi connectivity index (χ0) is 20.1. The van der Waals surface area contributed by atoms with E-state index in [4.69, 9.17) is 21.1 Å². The summed E-state index contributed by atoms with van der Waals surface area (Å²) in [4.78, 5) is 0. The molecule has 0 fully saturated rings. The molecule has 0 N–H and O–H groups in total. The van der Waals surface area contributed by atoms with E-state index in [0.29, 0.717) is 30.5 Å². The van der Waals surface area contributed by atoms with Crippen LogP contribution in [0.5, 0.6) is 11.6 Å². The number of ether oxygens (including phenoxy) is 2. The van der Waals surface area contributed by atoms with Crippen LogP contribution in [0, 0.1) is 0 Å². The van der Waals surface area contributed by atoms with Gasteiger partial charge in [-0.15, -0.1) is 0 Å². The van der Waals surface area contributed by atoms with Crippen molar-refractivity contribution in [2.45, 2.75) is 13.5 Å². The molecule has 148 valence electrons. The third-order valence-corrected chi connectivity index (χ3v) is 5.43. The normalized spacial score (nSPS) is 10.8. The largest absolute Gasteiger partial charge is 0.490 e. The van der Waals surface area contributed by atoms with Gasteiger partial charge in [0.2, 0.25) is 5.88 Å². The molecule has 0 saturated heterocycles. The van der Waals surface area contributed by atoms with Gasteiger partial charge in [-0.05, 0) is 47.0 Å². The van der Waals surface area contributed by atoms with Crippen LogP contribution < -0.4 is 9.47 Å². The number of halogens is 1. The Kier molecular flexibility index (Phi) is 6.17. The van der Waals surface area contributed by atoms with Crippen LogP contribution in [0.25, 0.3) is 22.4 Å². The first-order valence-electron chi connectivity index (χ1n) is 9.45. The van der Waals surface area contributed by atoms with Crippen molar-refractivity contribution >= 4 is 22.9 Å². The van der Waals surface area contributed by atoms with Crippen LogP contribution >= 0.6 is 22.9 Å². The molecule has 6 heteroatoms. The van der Waals surface area contributed by atoms with Gasteiger partial charge in [-0.25, -0.2) is 4.68 Å². The van der Waals surface area contributed by atoms with Crippen LogP contribution in [0.1, 0.15) is 6.92 Å². The fourth-order valence-corrected chi connectivity index (χ4v) is 3.94. The lowest BCUT2D eigenvalue weighted by Crippen LogP contribution is -2.11. The van der Waals surface area contributed by atoms with Crippen molar-refractivity contribution in [3.63, 3.8) is 0 Å². The Bertz CT molecular complexity index is 1060. The maximum atomic E-state index is 6.42. The van der Waals surface area contributed by atoms with Gasteiger partial charge in [0.1, 0.15) is 12.4 Å². The van der Waals surface area contributed by atoms with Gasteiger partial charge < -0.3 is 9.47 Å². The first kappa shape index (κ1) is 19.6. The second kappa shape index (κ2) is 9.16. The standard InChI is InChI=1S/C23H21ClN2O2S/c1-2-27-23-15-21(17-6-4-3-5-7-17)25-26(23)11-12-28-22-9-8-18(14-20(22)24)19-10-13-29-16-19/h3-10,13-16H,2,11-12H2,1H3. The minimum absolute atomic E-state index is 0.438. The van der Waals surface area contributed by atoms with Gasteiger partial charge in [0.25, 0.3) is 0 Å². The molecule has 2 aromatic heterocycles. The Morgan fingerprint density at radius 2 is 1.83 bits per heavy atom. The summed E-state index contributed by atoms with van der Waals surface area (Å²) < 4.78 is 13.5. The van der Waals surface area contributed by atoms with Gasteiger partial charge >= 0.3 is 0 Å². The third kappa shape index (κ3) is 4.63. The molecule has 0 saturated carbocycles. The summed E-state index contributed by atoms with van der Waals surface area (Å²) >= 11 is 8.09. The summed E-state index contributed by atoms with van der Waals surface area (Å²) in [5.74, 6) is 1.40. The first-order valence-corrected chi connectivity index (χ1v) is 10.8. The lowest BCUT2D eigenvalue weighted by atomic mass is 10.1. The second-order valence-corrected chi connectivity index (χ2v) is 7.58. The monoisotopic (exact) mass is 424 g/mol. The summed E-state index contributed by atoms with van der Waals surface area (Å²) in [5.41, 5.74) is 4.18. The zero-order valence-electron chi connectivity index (χ0n) is 16.0. The van der Waals surface area contributed by atoms with Crippen LogP contribution in [0.15, 0.2) is 71.4 Å². The topological polar surface area (TPSA) is 36.3 Å². The van der Waals surface area contributed by atoms with E-state index >= 15 is 0 Å². The molecule has 0 spiro atoms. The van der Waals surface area contributed by atoms with Crippen molar-refractivity contribution in [2.75, 3.05) is 13.2 Å². The smallest absolute Gasteiger partial charge is 0.212 e. The molecule has 0 amide bonds. The van der Waals surface area contributed by atoms with Gasteiger partial charge in [0, 0.05) is 11.6 Å². The van der Waals surface area contributed by atoms with Crippen molar-refractivity contribution in [1.29, 1.82) is 0 Å². The van der Waals surface area contributed by atoms with E-state index in [0.717, 1.165) is 28.3 Å². The summed E-state index contributed by atoms with van der Waals surface area (Å²) in [6.07, 6.45) is 0. The van der Waals surface area contributed by atoms with Crippen molar-refractivity contribution in [3.05, 3.63) is 76.4 Å². The number of benzene rings is 2. The predicted octanol–water partition coefficient (Wildman–Crippen LogP) is 6.41. The third-order valence-electron chi connectivity index (χ3n) is 4.45. The summed E-state index contributed by atoms with van der Waals surface area (Å²) in [6.45, 7) is 3.54. The van der Waals surface area contributed by atoms with Crippen LogP contribution in [-0.2, 0) is 6.54 Å². The predicted molar refractivity (Wildman–Crippen MR) is 119 cm³/mol. The summed E-state index contributed by atoms with van der Waals surface area (Å²) in [6, 6.07) is 20.0. The molecule has 0 bridgehead atoms. The van der Waals surface area contributed by atoms with Gasteiger partial charge in [-0.3, -0.25) is 0 Å². The van der Waals surface area contributed by atoms with E-state index < -0.39 is 0 Å². The van der Waals surface area contributed by atoms with Crippen molar-refractivity contribution in [3.8, 4) is 34.0 Å². The quantitative estimate of drug-likeness (QED) is 0.328. The molecular weight excluding hydrogens is 404 g/mol. The molecule has 0 aliphatic heterocycles. The Labute approximate surface area is 179 Å². The van der Waals surface area contributed by atoms with Gasteiger partial charge in [0.15, 0.2) is 0 Å². The molecule has 0 atom stereocenters. The highest BCUT2D eigenvalue weighted by Crippen LogP contribution is 2.31. The minimum Gasteiger partial charge on any atom is -0.490 e. The van der Waals surface area contributed by atoms with Crippen LogP contribution in [0.3, 0.4) is 0 Å². The Morgan fingerprint density at radius 1 is 0.966 bits per heavy atom. The van der Waals surface area contributed by atoms with E-state index in [1.54, 1.807) is 11.3 Å². The first-order chi connectivity index (χ1) is 14.2. The van der Waals surface area contributed by atoms with Crippen LogP contribution in [-0.4, -0.2) is 23.0 Å². The van der Waals surface area contributed by atoms with Crippen molar-refractivity contribution in [1.82, 2.24) is 9.78 Å². The van der Waals surface area contributed by atoms with Crippen molar-refractivity contribution in [2.24, 2.45) is 0 Å². The van der Waals surface area contributed by atoms with E-state index in [1.165, 1.54) is 0 Å². The van der Waals surface area contributed by atoms with Gasteiger partial charge in [0.05, 0.1) is 23.9 Å². The number of thiophene rings is 1. The molecule has 4 rings (SSSR count). The van der Waals surface area contributed by atoms with E-state index in [-0.39, 0.29) is 0 Å². The van der Waals surface area contributed by atoms with Gasteiger partial charge in [-0.2, -0.15) is 16.4 Å². The number of hydrogen-bond acceptors (Lipinski definition) is 4. The molecule has 2 aromatic carbocycles. The zero-order valence-corrected chi connectivity index (χ0v) is 17.6. The molecule has 2 heterocycles. The van der Waals surface area contributed by atoms with Crippen LogP contribution in [0.4, 0.5) is 0 Å². The van der Waals surface area contributed by atoms with Crippen molar-refractivity contribution < 1.29 is 9.47 Å². The maximum Gasteiger partial charge on any atom is 0.212 e. The molecule has 0 aliphatic rings. The lowest BCUT2D eigenvalue weighted by molar-refractivity contribution is 0.260. The van der Waals surface area contributed by atoms with Crippen LogP contribution in [0.2, 0.25) is 5.02 Å². The maximum absolute atomic E-state index is 6.42. The molecule has 0 unspecified atom stereocenters. The summed E-state index contributed by atoms with van der Waals surface area (Å²) in [5, 5.41) is 9.44. The molecule has 29 heavy (non-hydrogen) atoms. The molecule has 4 aromatic rings. The highest BCUT2D eigenvalue weighted by molar-refractivity contribution is 7.08. The summed E-state index contributed by atoms with van der Waals surface area (Å²) in [7, 11) is 0.